The number of hydrogen-bond donors (Lipinski definition) is 1. The van der Waals surface area contributed by atoms with Crippen molar-refractivity contribution in [1.29, 1.82) is 0 Å². The molecule has 0 radical (unpaired) electrons. The Kier molecular flexibility index (Phi) is 2.62. The first kappa shape index (κ1) is 10.6. The van der Waals surface area contributed by atoms with Gasteiger partial charge in [-0.25, -0.2) is 4.79 Å². The second kappa shape index (κ2) is 3.94. The molecule has 0 aromatic heterocycles. The molecule has 0 unspecified atom stereocenters. The number of carboxylic acids is 1. The van der Waals surface area contributed by atoms with Crippen LogP contribution in [0.2, 0.25) is 5.02 Å². The van der Waals surface area contributed by atoms with Crippen LogP contribution in [0.5, 0.6) is 0 Å². The number of rotatable bonds is 2. The van der Waals surface area contributed by atoms with Crippen molar-refractivity contribution >= 4 is 34.9 Å². The lowest BCUT2D eigenvalue weighted by atomic mass is 10.2. The molecule has 1 aromatic carbocycles. The number of para-hydroxylation sites is 1. The number of anilines is 1. The Morgan fingerprint density at radius 2 is 2.12 bits per heavy atom. The fraction of sp³-hybridized carbons (Fsp3) is 0.100. The van der Waals surface area contributed by atoms with Gasteiger partial charge in [0.05, 0.1) is 17.1 Å². The number of benzene rings is 1. The van der Waals surface area contributed by atoms with Crippen LogP contribution in [-0.4, -0.2) is 22.7 Å². The molecule has 0 atom stereocenters. The summed E-state index contributed by atoms with van der Waals surface area (Å²) in [6, 6.07) is 6.63. The molecular formula is C10H7ClN2O3. The Balaban J connectivity index is 2.39. The van der Waals surface area contributed by atoms with Gasteiger partial charge in [0.2, 0.25) is 0 Å². The zero-order chi connectivity index (χ0) is 11.7. The Labute approximate surface area is 95.9 Å². The fourth-order valence-electron chi connectivity index (χ4n) is 1.36. The van der Waals surface area contributed by atoms with E-state index >= 15 is 0 Å². The van der Waals surface area contributed by atoms with Gasteiger partial charge in [0.1, 0.15) is 0 Å². The van der Waals surface area contributed by atoms with Crippen LogP contribution in [0, 0.1) is 0 Å². The van der Waals surface area contributed by atoms with E-state index in [-0.39, 0.29) is 12.1 Å². The average Bonchev–Trinajstić information content (AvgIpc) is 2.61. The number of carbonyl (C=O) groups excluding carboxylic acids is 1. The minimum Gasteiger partial charge on any atom is -0.477 e. The largest absolute Gasteiger partial charge is 0.477 e. The van der Waals surface area contributed by atoms with E-state index < -0.39 is 11.9 Å². The minimum absolute atomic E-state index is 0.176. The second-order valence-electron chi connectivity index (χ2n) is 3.19. The second-order valence-corrected chi connectivity index (χ2v) is 3.59. The summed E-state index contributed by atoms with van der Waals surface area (Å²) in [7, 11) is 0. The molecule has 0 saturated heterocycles. The van der Waals surface area contributed by atoms with Crippen LogP contribution in [0.15, 0.2) is 29.4 Å². The van der Waals surface area contributed by atoms with Crippen molar-refractivity contribution in [2.75, 3.05) is 5.01 Å². The van der Waals surface area contributed by atoms with Gasteiger partial charge in [0.15, 0.2) is 5.71 Å². The van der Waals surface area contributed by atoms with Crippen molar-refractivity contribution in [3.63, 3.8) is 0 Å². The van der Waals surface area contributed by atoms with E-state index in [1.54, 1.807) is 24.3 Å². The third-order valence-electron chi connectivity index (χ3n) is 2.10. The average molecular weight is 239 g/mol. The lowest BCUT2D eigenvalue weighted by molar-refractivity contribution is -0.129. The van der Waals surface area contributed by atoms with Gasteiger partial charge in [-0.3, -0.25) is 4.79 Å². The molecule has 0 aliphatic carbocycles. The number of aliphatic carboxylic acids is 1. The molecule has 16 heavy (non-hydrogen) atoms. The molecule has 0 saturated carbocycles. The Hall–Kier alpha value is -1.88. The normalized spacial score (nSPS) is 15.2. The molecule has 6 heteroatoms. The maximum Gasteiger partial charge on any atom is 0.352 e. The quantitative estimate of drug-likeness (QED) is 0.849. The summed E-state index contributed by atoms with van der Waals surface area (Å²) >= 11 is 5.89. The maximum absolute atomic E-state index is 11.5. The molecular weight excluding hydrogens is 232 g/mol. The highest BCUT2D eigenvalue weighted by atomic mass is 35.5. The number of hydrogen-bond acceptors (Lipinski definition) is 3. The summed E-state index contributed by atoms with van der Waals surface area (Å²) in [5, 5.41) is 13.8. The van der Waals surface area contributed by atoms with E-state index in [1.807, 2.05) is 0 Å². The van der Waals surface area contributed by atoms with E-state index in [9.17, 15) is 9.59 Å². The Morgan fingerprint density at radius 1 is 1.44 bits per heavy atom. The summed E-state index contributed by atoms with van der Waals surface area (Å²) in [5.74, 6) is -1.59. The molecule has 1 amide bonds. The highest BCUT2D eigenvalue weighted by Crippen LogP contribution is 2.28. The van der Waals surface area contributed by atoms with E-state index in [1.165, 1.54) is 0 Å². The number of carboxylic acid groups (broad SMARTS) is 1. The monoisotopic (exact) mass is 238 g/mol. The maximum atomic E-state index is 11.5. The third-order valence-corrected chi connectivity index (χ3v) is 2.42. The minimum atomic E-state index is -1.19. The topological polar surface area (TPSA) is 70.0 Å². The zero-order valence-electron chi connectivity index (χ0n) is 8.05. The van der Waals surface area contributed by atoms with Crippen LogP contribution in [-0.2, 0) is 9.59 Å². The summed E-state index contributed by atoms with van der Waals surface area (Å²) in [6.07, 6.45) is -0.208. The summed E-state index contributed by atoms with van der Waals surface area (Å²) < 4.78 is 0. The van der Waals surface area contributed by atoms with Gasteiger partial charge in [0.25, 0.3) is 5.91 Å². The van der Waals surface area contributed by atoms with Crippen LogP contribution in [0.25, 0.3) is 0 Å². The summed E-state index contributed by atoms with van der Waals surface area (Å²) in [6.45, 7) is 0. The highest BCUT2D eigenvalue weighted by molar-refractivity contribution is 6.42. The van der Waals surface area contributed by atoms with E-state index in [4.69, 9.17) is 16.7 Å². The Morgan fingerprint density at radius 3 is 2.69 bits per heavy atom. The highest BCUT2D eigenvalue weighted by Gasteiger charge is 2.29. The van der Waals surface area contributed by atoms with Crippen molar-refractivity contribution in [3.8, 4) is 0 Å². The molecule has 1 aliphatic rings. The van der Waals surface area contributed by atoms with E-state index in [0.717, 1.165) is 5.01 Å². The van der Waals surface area contributed by atoms with Gasteiger partial charge in [0, 0.05) is 0 Å². The number of amides is 1. The molecule has 1 heterocycles. The van der Waals surface area contributed by atoms with Crippen LogP contribution >= 0.6 is 11.6 Å². The predicted octanol–water partition coefficient (Wildman–Crippen LogP) is 1.52. The zero-order valence-corrected chi connectivity index (χ0v) is 8.81. The van der Waals surface area contributed by atoms with Gasteiger partial charge >= 0.3 is 5.97 Å². The Bertz CT molecular complexity index is 499. The molecule has 1 N–H and O–H groups in total. The van der Waals surface area contributed by atoms with Gasteiger partial charge in [-0.1, -0.05) is 23.7 Å². The van der Waals surface area contributed by atoms with Crippen LogP contribution in [0.3, 0.4) is 0 Å². The predicted molar refractivity (Wildman–Crippen MR) is 58.6 cm³/mol. The van der Waals surface area contributed by atoms with Crippen molar-refractivity contribution in [3.05, 3.63) is 29.3 Å². The molecule has 0 bridgehead atoms. The van der Waals surface area contributed by atoms with E-state index in [2.05, 4.69) is 5.10 Å². The van der Waals surface area contributed by atoms with Gasteiger partial charge in [-0.05, 0) is 12.1 Å². The van der Waals surface area contributed by atoms with Crippen LogP contribution in [0.1, 0.15) is 6.42 Å². The van der Waals surface area contributed by atoms with Crippen molar-refractivity contribution in [1.82, 2.24) is 0 Å². The molecule has 1 aromatic rings. The van der Waals surface area contributed by atoms with Gasteiger partial charge in [-0.15, -0.1) is 0 Å². The SMILES string of the molecule is O=C(O)C1=NN(c2ccccc2Cl)C(=O)C1. The van der Waals surface area contributed by atoms with Crippen LogP contribution in [0.4, 0.5) is 5.69 Å². The number of nitrogens with zero attached hydrogens (tertiary/aromatic N) is 2. The molecule has 0 spiro atoms. The summed E-state index contributed by atoms with van der Waals surface area (Å²) in [4.78, 5) is 22.2. The lowest BCUT2D eigenvalue weighted by Gasteiger charge is -2.12. The first-order chi connectivity index (χ1) is 7.59. The molecule has 1 aliphatic heterocycles. The van der Waals surface area contributed by atoms with Gasteiger partial charge in [-0.2, -0.15) is 10.1 Å². The summed E-state index contributed by atoms with van der Waals surface area (Å²) in [5.41, 5.74) is 0.218. The third kappa shape index (κ3) is 1.77. The van der Waals surface area contributed by atoms with E-state index in [0.29, 0.717) is 10.7 Å². The first-order valence-electron chi connectivity index (χ1n) is 4.48. The van der Waals surface area contributed by atoms with Crippen molar-refractivity contribution in [2.24, 2.45) is 5.10 Å². The lowest BCUT2D eigenvalue weighted by Crippen LogP contribution is -2.19. The fourth-order valence-corrected chi connectivity index (χ4v) is 1.58. The molecule has 0 fully saturated rings. The number of halogens is 1. The number of carbonyl (C=O) groups is 2. The molecule has 2 rings (SSSR count). The number of hydrazone groups is 1. The molecule has 5 nitrogen and oxygen atoms in total. The first-order valence-corrected chi connectivity index (χ1v) is 4.85. The molecule has 82 valence electrons. The van der Waals surface area contributed by atoms with Gasteiger partial charge < -0.3 is 5.11 Å². The van der Waals surface area contributed by atoms with Crippen molar-refractivity contribution in [2.45, 2.75) is 6.42 Å². The van der Waals surface area contributed by atoms with Crippen molar-refractivity contribution < 1.29 is 14.7 Å². The standard InChI is InChI=1S/C10H7ClN2O3/c11-6-3-1-2-4-8(6)13-9(14)5-7(12-13)10(15)16/h1-4H,5H2,(H,15,16). The smallest absolute Gasteiger partial charge is 0.352 e. The van der Waals surface area contributed by atoms with Crippen LogP contribution < -0.4 is 5.01 Å².